The largest absolute Gasteiger partial charge is 0.355 e. The molecule has 2 rings (SSSR count). The lowest BCUT2D eigenvalue weighted by Crippen LogP contribution is -2.34. The highest BCUT2D eigenvalue weighted by Crippen LogP contribution is 2.24. The summed E-state index contributed by atoms with van der Waals surface area (Å²) in [4.78, 5) is 20.3. The number of piperidine rings is 1. The van der Waals surface area contributed by atoms with E-state index >= 15 is 0 Å². The number of hydrogen-bond acceptors (Lipinski definition) is 3. The second-order valence-electron chi connectivity index (χ2n) is 4.04. The van der Waals surface area contributed by atoms with Gasteiger partial charge in [0, 0.05) is 13.1 Å². The fourth-order valence-electron chi connectivity index (χ4n) is 1.81. The van der Waals surface area contributed by atoms with E-state index in [1.165, 1.54) is 19.2 Å². The summed E-state index contributed by atoms with van der Waals surface area (Å²) < 4.78 is 0.541. The number of nitrogens with one attached hydrogen (secondary N) is 1. The van der Waals surface area contributed by atoms with Crippen LogP contribution in [0.2, 0.25) is 0 Å². The van der Waals surface area contributed by atoms with E-state index in [1.54, 1.807) is 0 Å². The van der Waals surface area contributed by atoms with E-state index in [1.807, 2.05) is 0 Å². The molecule has 15 heavy (non-hydrogen) atoms. The normalized spacial score (nSPS) is 18.1. The topological polar surface area (TPSA) is 49.0 Å². The van der Waals surface area contributed by atoms with Gasteiger partial charge in [0.2, 0.25) is 0 Å². The SMILES string of the molecule is CC1CCN(c2nc[nH]c(=O)c2Br)CC1. The summed E-state index contributed by atoms with van der Waals surface area (Å²) in [6.45, 7) is 4.23. The Hall–Kier alpha value is -0.840. The smallest absolute Gasteiger partial charge is 0.267 e. The van der Waals surface area contributed by atoms with Crippen molar-refractivity contribution in [2.45, 2.75) is 19.8 Å². The van der Waals surface area contributed by atoms with Crippen molar-refractivity contribution in [2.75, 3.05) is 18.0 Å². The maximum atomic E-state index is 11.4. The molecule has 4 nitrogen and oxygen atoms in total. The lowest BCUT2D eigenvalue weighted by molar-refractivity contribution is 0.436. The van der Waals surface area contributed by atoms with Gasteiger partial charge in [-0.05, 0) is 34.7 Å². The Balaban J connectivity index is 2.23. The van der Waals surface area contributed by atoms with Crippen LogP contribution in [0.25, 0.3) is 0 Å². The molecular formula is C10H14BrN3O. The van der Waals surface area contributed by atoms with Crippen LogP contribution in [0.1, 0.15) is 19.8 Å². The number of hydrogen-bond donors (Lipinski definition) is 1. The van der Waals surface area contributed by atoms with Crippen molar-refractivity contribution < 1.29 is 0 Å². The zero-order valence-corrected chi connectivity index (χ0v) is 10.2. The molecule has 0 spiro atoms. The fourth-order valence-corrected chi connectivity index (χ4v) is 2.28. The van der Waals surface area contributed by atoms with Crippen molar-refractivity contribution in [2.24, 2.45) is 5.92 Å². The van der Waals surface area contributed by atoms with Gasteiger partial charge in [0.25, 0.3) is 5.56 Å². The number of H-pyrrole nitrogens is 1. The van der Waals surface area contributed by atoms with E-state index in [0.717, 1.165) is 24.8 Å². The Morgan fingerprint density at radius 3 is 2.87 bits per heavy atom. The molecule has 1 N–H and O–H groups in total. The van der Waals surface area contributed by atoms with Crippen molar-refractivity contribution in [3.05, 3.63) is 21.2 Å². The molecule has 1 aliphatic heterocycles. The highest BCUT2D eigenvalue weighted by molar-refractivity contribution is 9.10. The third-order valence-corrected chi connectivity index (χ3v) is 3.58. The zero-order chi connectivity index (χ0) is 10.8. The van der Waals surface area contributed by atoms with Gasteiger partial charge < -0.3 is 9.88 Å². The number of aromatic nitrogens is 2. The summed E-state index contributed by atoms with van der Waals surface area (Å²) in [5, 5.41) is 0. The van der Waals surface area contributed by atoms with Gasteiger partial charge >= 0.3 is 0 Å². The van der Waals surface area contributed by atoms with Gasteiger partial charge in [-0.3, -0.25) is 4.79 Å². The van der Waals surface area contributed by atoms with Gasteiger partial charge in [-0.25, -0.2) is 4.98 Å². The Bertz CT molecular complexity index is 396. The minimum atomic E-state index is -0.112. The molecule has 0 unspecified atom stereocenters. The summed E-state index contributed by atoms with van der Waals surface area (Å²) in [5.41, 5.74) is -0.112. The molecule has 82 valence electrons. The van der Waals surface area contributed by atoms with Crippen molar-refractivity contribution in [1.29, 1.82) is 0 Å². The predicted octanol–water partition coefficient (Wildman–Crippen LogP) is 1.77. The van der Waals surface area contributed by atoms with Gasteiger partial charge in [-0.2, -0.15) is 0 Å². The van der Waals surface area contributed by atoms with E-state index in [0.29, 0.717) is 4.47 Å². The summed E-state index contributed by atoms with van der Waals surface area (Å²) in [6.07, 6.45) is 3.79. The Kier molecular flexibility index (Phi) is 3.09. The standard InChI is InChI=1S/C10H14BrN3O/c1-7-2-4-14(5-3-7)9-8(11)10(15)13-6-12-9/h6-7H,2-5H2,1H3,(H,12,13,15). The number of rotatable bonds is 1. The molecule has 1 aromatic heterocycles. The van der Waals surface area contributed by atoms with E-state index < -0.39 is 0 Å². The van der Waals surface area contributed by atoms with Gasteiger partial charge in [0.05, 0.1) is 6.33 Å². The van der Waals surface area contributed by atoms with Crippen LogP contribution in [0.15, 0.2) is 15.6 Å². The van der Waals surface area contributed by atoms with Gasteiger partial charge in [0.15, 0.2) is 0 Å². The monoisotopic (exact) mass is 271 g/mol. The second-order valence-corrected chi connectivity index (χ2v) is 4.83. The molecule has 0 atom stereocenters. The third kappa shape index (κ3) is 2.22. The first-order valence-electron chi connectivity index (χ1n) is 5.16. The van der Waals surface area contributed by atoms with Crippen LogP contribution < -0.4 is 10.5 Å². The molecule has 0 saturated carbocycles. The average Bonchev–Trinajstić information content (AvgIpc) is 2.24. The summed E-state index contributed by atoms with van der Waals surface area (Å²) in [7, 11) is 0. The molecule has 1 fully saturated rings. The second kappa shape index (κ2) is 4.35. The quantitative estimate of drug-likeness (QED) is 0.847. The first-order valence-corrected chi connectivity index (χ1v) is 5.96. The fraction of sp³-hybridized carbons (Fsp3) is 0.600. The number of halogens is 1. The molecule has 0 amide bonds. The number of aromatic amines is 1. The Labute approximate surface area is 96.8 Å². The van der Waals surface area contributed by atoms with Crippen LogP contribution in [0.4, 0.5) is 5.82 Å². The number of anilines is 1. The molecule has 1 aliphatic rings. The lowest BCUT2D eigenvalue weighted by Gasteiger charge is -2.31. The van der Waals surface area contributed by atoms with E-state index in [4.69, 9.17) is 0 Å². The van der Waals surface area contributed by atoms with Gasteiger partial charge in [-0.15, -0.1) is 0 Å². The molecule has 0 bridgehead atoms. The Morgan fingerprint density at radius 2 is 2.20 bits per heavy atom. The molecule has 0 aromatic carbocycles. The molecular weight excluding hydrogens is 258 g/mol. The minimum Gasteiger partial charge on any atom is -0.355 e. The van der Waals surface area contributed by atoms with Crippen molar-refractivity contribution >= 4 is 21.7 Å². The first-order chi connectivity index (χ1) is 7.18. The summed E-state index contributed by atoms with van der Waals surface area (Å²) >= 11 is 3.28. The van der Waals surface area contributed by atoms with Crippen LogP contribution >= 0.6 is 15.9 Å². The highest BCUT2D eigenvalue weighted by atomic mass is 79.9. The van der Waals surface area contributed by atoms with Gasteiger partial charge in [-0.1, -0.05) is 6.92 Å². The summed E-state index contributed by atoms with van der Waals surface area (Å²) in [6, 6.07) is 0. The first kappa shape index (κ1) is 10.7. The van der Waals surface area contributed by atoms with Crippen LogP contribution in [-0.4, -0.2) is 23.1 Å². The minimum absolute atomic E-state index is 0.112. The van der Waals surface area contributed by atoms with E-state index in [9.17, 15) is 4.79 Å². The van der Waals surface area contributed by atoms with Crippen LogP contribution in [0.3, 0.4) is 0 Å². The van der Waals surface area contributed by atoms with E-state index in [-0.39, 0.29) is 5.56 Å². The predicted molar refractivity (Wildman–Crippen MR) is 63.2 cm³/mol. The van der Waals surface area contributed by atoms with Crippen molar-refractivity contribution in [3.63, 3.8) is 0 Å². The van der Waals surface area contributed by atoms with Gasteiger partial charge in [0.1, 0.15) is 10.3 Å². The number of nitrogens with zero attached hydrogens (tertiary/aromatic N) is 2. The third-order valence-electron chi connectivity index (χ3n) is 2.86. The van der Waals surface area contributed by atoms with Crippen molar-refractivity contribution in [3.8, 4) is 0 Å². The molecule has 2 heterocycles. The molecule has 5 heteroatoms. The molecule has 0 radical (unpaired) electrons. The maximum Gasteiger partial charge on any atom is 0.267 e. The molecule has 1 saturated heterocycles. The van der Waals surface area contributed by atoms with Crippen molar-refractivity contribution in [1.82, 2.24) is 9.97 Å². The maximum absolute atomic E-state index is 11.4. The molecule has 0 aliphatic carbocycles. The highest BCUT2D eigenvalue weighted by Gasteiger charge is 2.19. The summed E-state index contributed by atoms with van der Waals surface area (Å²) in [5.74, 6) is 1.55. The van der Waals surface area contributed by atoms with Crippen LogP contribution in [0.5, 0.6) is 0 Å². The lowest BCUT2D eigenvalue weighted by atomic mass is 9.99. The molecule has 1 aromatic rings. The zero-order valence-electron chi connectivity index (χ0n) is 8.66. The van der Waals surface area contributed by atoms with Crippen LogP contribution in [0, 0.1) is 5.92 Å². The van der Waals surface area contributed by atoms with Crippen LogP contribution in [-0.2, 0) is 0 Å². The van der Waals surface area contributed by atoms with E-state index in [2.05, 4.69) is 37.7 Å². The Morgan fingerprint density at radius 1 is 1.53 bits per heavy atom. The average molecular weight is 272 g/mol.